The van der Waals surface area contributed by atoms with E-state index >= 15 is 0 Å². The monoisotopic (exact) mass is 838 g/mol. The van der Waals surface area contributed by atoms with Crippen LogP contribution < -0.4 is 0 Å². The van der Waals surface area contributed by atoms with Crippen LogP contribution in [0, 0.1) is 34.6 Å². The van der Waals surface area contributed by atoms with Gasteiger partial charge in [0.15, 0.2) is 0 Å². The fourth-order valence-corrected chi connectivity index (χ4v) is 7.43. The van der Waals surface area contributed by atoms with Gasteiger partial charge in [-0.25, -0.2) is 0 Å². The molecule has 0 aliphatic heterocycles. The molecule has 2 radical (unpaired) electrons. The Kier molecular flexibility index (Phi) is 14.9. The Morgan fingerprint density at radius 2 is 1.00 bits per heavy atom. The predicted octanol–water partition coefficient (Wildman–Crippen LogP) is 16.1. The quantitative estimate of drug-likeness (QED) is 0.122. The van der Waals surface area contributed by atoms with Gasteiger partial charge in [0.05, 0.1) is 0 Å². The standard InChI is InChI=1S/C26H25.C22H19.C2H6Si.2ClH.Zr/c1-16-6-17(2)9-21(8-16)22-14-24-12-20(5)13-25(24)26(15-22)23-10-18(3)7-19(4)11-23;1-15(2)18-13-17-9-6-12-21(22(17)14-18)20-11-5-8-16-7-3-4-10-19(16)20;1-3-2;;;/h6-15H,1-5H3;3-15H,1-2H3;1-2H3;2*1H;/q2*-1;;;;+4/p-2. The van der Waals surface area contributed by atoms with E-state index in [4.69, 9.17) is 17.0 Å². The zero-order chi connectivity index (χ0) is 38.9. The normalized spacial score (nSPS) is 10.7. The molecule has 0 aromatic heterocycles. The van der Waals surface area contributed by atoms with Crippen LogP contribution in [0.2, 0.25) is 13.1 Å². The van der Waals surface area contributed by atoms with Crippen LogP contribution in [-0.4, -0.2) is 9.52 Å². The van der Waals surface area contributed by atoms with Gasteiger partial charge in [-0.3, -0.25) is 0 Å². The number of aryl methyl sites for hydroxylation is 5. The molecule has 0 aliphatic rings. The summed E-state index contributed by atoms with van der Waals surface area (Å²) >= 11 is -0.826. The minimum atomic E-state index is -0.826. The molecular weight excluding hydrogens is 791 g/mol. The van der Waals surface area contributed by atoms with Crippen molar-refractivity contribution < 1.29 is 20.8 Å². The second-order valence-electron chi connectivity index (χ2n) is 14.7. The van der Waals surface area contributed by atoms with Crippen LogP contribution in [0.15, 0.2) is 133 Å². The number of fused-ring (bicyclic) bond motifs is 3. The molecule has 0 aliphatic carbocycles. The summed E-state index contributed by atoms with van der Waals surface area (Å²) in [5.41, 5.74) is 15.9. The van der Waals surface area contributed by atoms with Gasteiger partial charge in [-0.2, -0.15) is 12.1 Å². The SMILES string of the molecule is CC(C)c1cc2c(-c3cccc4ccccc34)cccc2[cH-]1.C[Si]C.Cc1cc(C)cc(-c2cc(-c3cc(C)cc(C)c3)c3cc(C)[cH-]c3c2)c1.[Cl][Zr+2][Cl]. The van der Waals surface area contributed by atoms with E-state index in [9.17, 15) is 0 Å². The molecule has 0 unspecified atom stereocenters. The fourth-order valence-electron chi connectivity index (χ4n) is 7.43. The van der Waals surface area contributed by atoms with Crippen molar-refractivity contribution in [2.75, 3.05) is 0 Å². The van der Waals surface area contributed by atoms with Crippen molar-refractivity contribution in [3.8, 4) is 33.4 Å². The molecular formula is C50H50Cl2SiZr. The maximum absolute atomic E-state index is 4.93. The Balaban J connectivity index is 0.000000183. The summed E-state index contributed by atoms with van der Waals surface area (Å²) in [6.07, 6.45) is 0. The third kappa shape index (κ3) is 10.2. The number of hydrogen-bond acceptors (Lipinski definition) is 0. The first-order valence-corrected chi connectivity index (χ1v) is 26.9. The van der Waals surface area contributed by atoms with Crippen LogP contribution in [0.5, 0.6) is 0 Å². The summed E-state index contributed by atoms with van der Waals surface area (Å²) in [5.74, 6) is 0.563. The Morgan fingerprint density at radius 1 is 0.500 bits per heavy atom. The van der Waals surface area contributed by atoms with Crippen molar-refractivity contribution in [1.29, 1.82) is 0 Å². The number of benzene rings is 6. The van der Waals surface area contributed by atoms with Crippen molar-refractivity contribution >= 4 is 58.9 Å². The van der Waals surface area contributed by atoms with Crippen molar-refractivity contribution in [3.63, 3.8) is 0 Å². The van der Waals surface area contributed by atoms with Crippen molar-refractivity contribution in [2.24, 2.45) is 0 Å². The molecule has 0 nitrogen and oxygen atoms in total. The van der Waals surface area contributed by atoms with Gasteiger partial charge < -0.3 is 0 Å². The molecule has 0 N–H and O–H groups in total. The van der Waals surface area contributed by atoms with E-state index < -0.39 is 20.8 Å². The Bertz CT molecular complexity index is 2430. The number of hydrogen-bond donors (Lipinski definition) is 0. The number of halogens is 2. The third-order valence-corrected chi connectivity index (χ3v) is 9.57. The van der Waals surface area contributed by atoms with Gasteiger partial charge in [-0.05, 0) is 61.1 Å². The molecule has 0 amide bonds. The molecule has 54 heavy (non-hydrogen) atoms. The van der Waals surface area contributed by atoms with E-state index in [-0.39, 0.29) is 0 Å². The van der Waals surface area contributed by atoms with E-state index in [0.717, 1.165) is 9.52 Å². The Hall–Kier alpha value is -3.52. The third-order valence-electron chi connectivity index (χ3n) is 9.57. The first-order chi connectivity index (χ1) is 26.0. The molecule has 0 spiro atoms. The molecule has 0 heterocycles. The van der Waals surface area contributed by atoms with E-state index in [1.807, 2.05) is 0 Å². The summed E-state index contributed by atoms with van der Waals surface area (Å²) < 4.78 is 0. The number of rotatable bonds is 4. The van der Waals surface area contributed by atoms with Crippen LogP contribution in [-0.2, 0) is 20.8 Å². The second-order valence-corrected chi connectivity index (χ2v) is 19.4. The molecule has 0 bridgehead atoms. The molecule has 0 saturated carbocycles. The summed E-state index contributed by atoms with van der Waals surface area (Å²) in [4.78, 5) is 0. The molecule has 0 fully saturated rings. The van der Waals surface area contributed by atoms with Gasteiger partial charge >= 0.3 is 37.9 Å². The second kappa shape index (κ2) is 19.4. The Labute approximate surface area is 344 Å². The predicted molar refractivity (Wildman–Crippen MR) is 240 cm³/mol. The van der Waals surface area contributed by atoms with E-state index in [0.29, 0.717) is 5.92 Å². The Morgan fingerprint density at radius 3 is 1.61 bits per heavy atom. The zero-order valence-electron chi connectivity index (χ0n) is 33.0. The average molecular weight is 841 g/mol. The van der Waals surface area contributed by atoms with Gasteiger partial charge in [0.25, 0.3) is 0 Å². The van der Waals surface area contributed by atoms with Crippen LogP contribution >= 0.6 is 17.0 Å². The molecule has 8 rings (SSSR count). The van der Waals surface area contributed by atoms with Crippen molar-refractivity contribution in [1.82, 2.24) is 0 Å². The summed E-state index contributed by atoms with van der Waals surface area (Å²) in [6, 6.07) is 49.5. The summed E-state index contributed by atoms with van der Waals surface area (Å²) in [7, 11) is 11.0. The topological polar surface area (TPSA) is 0 Å². The maximum atomic E-state index is 4.93. The summed E-state index contributed by atoms with van der Waals surface area (Å²) in [5, 5.41) is 8.00. The van der Waals surface area contributed by atoms with Crippen LogP contribution in [0.4, 0.5) is 0 Å². The van der Waals surface area contributed by atoms with Gasteiger partial charge in [0.2, 0.25) is 0 Å². The molecule has 0 atom stereocenters. The van der Waals surface area contributed by atoms with Gasteiger partial charge in [0, 0.05) is 9.52 Å². The first kappa shape index (κ1) is 41.6. The molecule has 0 saturated heterocycles. The molecule has 8 aromatic rings. The zero-order valence-corrected chi connectivity index (χ0v) is 38.0. The molecule has 4 heteroatoms. The van der Waals surface area contributed by atoms with Gasteiger partial charge in [-0.15, -0.1) is 63.0 Å². The van der Waals surface area contributed by atoms with Crippen LogP contribution in [0.25, 0.3) is 65.7 Å². The first-order valence-electron chi connectivity index (χ1n) is 18.6. The minimum absolute atomic E-state index is 0.563. The van der Waals surface area contributed by atoms with Gasteiger partial charge in [-0.1, -0.05) is 164 Å². The molecule has 272 valence electrons. The molecule has 8 aromatic carbocycles. The fraction of sp³-hybridized carbons (Fsp3) is 0.200. The van der Waals surface area contributed by atoms with E-state index in [1.165, 1.54) is 99.1 Å². The van der Waals surface area contributed by atoms with E-state index in [2.05, 4.69) is 195 Å². The average Bonchev–Trinajstić information content (AvgIpc) is 3.74. The van der Waals surface area contributed by atoms with Crippen LogP contribution in [0.1, 0.15) is 53.1 Å². The van der Waals surface area contributed by atoms with Crippen LogP contribution in [0.3, 0.4) is 0 Å². The van der Waals surface area contributed by atoms with Crippen molar-refractivity contribution in [2.45, 2.75) is 67.5 Å². The van der Waals surface area contributed by atoms with Crippen molar-refractivity contribution in [3.05, 3.63) is 167 Å². The van der Waals surface area contributed by atoms with E-state index in [1.54, 1.807) is 0 Å². The van der Waals surface area contributed by atoms with Gasteiger partial charge in [0.1, 0.15) is 0 Å². The summed E-state index contributed by atoms with van der Waals surface area (Å²) in [6.45, 7) is 19.7.